The lowest BCUT2D eigenvalue weighted by Gasteiger charge is -1.92. The van der Waals surface area contributed by atoms with Gasteiger partial charge in [0.25, 0.3) is 5.56 Å². The summed E-state index contributed by atoms with van der Waals surface area (Å²) in [6, 6.07) is 3.34. The number of rotatable bonds is 0. The van der Waals surface area contributed by atoms with Gasteiger partial charge >= 0.3 is 0 Å². The molecule has 0 saturated heterocycles. The monoisotopic (exact) mass is 163 g/mol. The SMILES string of the molecule is Cc1cc(=O)n2[nH]c(C)cc2n1. The summed E-state index contributed by atoms with van der Waals surface area (Å²) < 4.78 is 1.43. The molecular weight excluding hydrogens is 154 g/mol. The fourth-order valence-corrected chi connectivity index (χ4v) is 1.23. The summed E-state index contributed by atoms with van der Waals surface area (Å²) in [6.45, 7) is 3.70. The number of aryl methyl sites for hydroxylation is 2. The van der Waals surface area contributed by atoms with Gasteiger partial charge in [0.2, 0.25) is 0 Å². The number of fused-ring (bicyclic) bond motifs is 1. The maximum Gasteiger partial charge on any atom is 0.272 e. The Labute approximate surface area is 68.8 Å². The molecule has 1 N–H and O–H groups in total. The zero-order chi connectivity index (χ0) is 8.72. The fourth-order valence-electron chi connectivity index (χ4n) is 1.23. The molecule has 0 fully saturated rings. The largest absolute Gasteiger partial charge is 0.294 e. The number of aromatic amines is 1. The van der Waals surface area contributed by atoms with Crippen molar-refractivity contribution in [1.29, 1.82) is 0 Å². The predicted octanol–water partition coefficient (Wildman–Crippen LogP) is 0.639. The van der Waals surface area contributed by atoms with Crippen molar-refractivity contribution in [3.05, 3.63) is 33.9 Å². The van der Waals surface area contributed by atoms with Gasteiger partial charge in [-0.2, -0.15) is 0 Å². The summed E-state index contributed by atoms with van der Waals surface area (Å²) in [5.41, 5.74) is 2.30. The predicted molar refractivity (Wildman–Crippen MR) is 45.3 cm³/mol. The van der Waals surface area contributed by atoms with Gasteiger partial charge < -0.3 is 0 Å². The summed E-state index contributed by atoms with van der Waals surface area (Å²) in [5.74, 6) is 0. The Morgan fingerprint density at radius 2 is 2.17 bits per heavy atom. The topological polar surface area (TPSA) is 50.2 Å². The lowest BCUT2D eigenvalue weighted by molar-refractivity contribution is 0.873. The number of nitrogens with one attached hydrogen (secondary N) is 1. The molecular formula is C8H9N3O. The molecule has 0 aliphatic carbocycles. The third kappa shape index (κ3) is 0.922. The van der Waals surface area contributed by atoms with E-state index in [1.54, 1.807) is 0 Å². The van der Waals surface area contributed by atoms with E-state index in [4.69, 9.17) is 0 Å². The molecule has 0 amide bonds. The third-order valence-corrected chi connectivity index (χ3v) is 1.71. The van der Waals surface area contributed by atoms with Crippen LogP contribution in [0.25, 0.3) is 5.65 Å². The van der Waals surface area contributed by atoms with Crippen LogP contribution in [-0.2, 0) is 0 Å². The van der Waals surface area contributed by atoms with Gasteiger partial charge in [-0.3, -0.25) is 9.89 Å². The van der Waals surface area contributed by atoms with E-state index in [0.717, 1.165) is 11.4 Å². The van der Waals surface area contributed by atoms with E-state index in [9.17, 15) is 4.79 Å². The summed E-state index contributed by atoms with van der Waals surface area (Å²) in [4.78, 5) is 15.5. The molecule has 0 saturated carbocycles. The number of hydrogen-bond donors (Lipinski definition) is 1. The smallest absolute Gasteiger partial charge is 0.272 e. The van der Waals surface area contributed by atoms with Crippen LogP contribution in [0.15, 0.2) is 16.9 Å². The van der Waals surface area contributed by atoms with Gasteiger partial charge in [0.05, 0.1) is 0 Å². The molecule has 0 aliphatic heterocycles. The highest BCUT2D eigenvalue weighted by Gasteiger charge is 2.00. The Morgan fingerprint density at radius 1 is 1.42 bits per heavy atom. The van der Waals surface area contributed by atoms with Crippen LogP contribution >= 0.6 is 0 Å². The van der Waals surface area contributed by atoms with Crippen molar-refractivity contribution in [1.82, 2.24) is 14.6 Å². The van der Waals surface area contributed by atoms with Crippen molar-refractivity contribution in [2.24, 2.45) is 0 Å². The van der Waals surface area contributed by atoms with Crippen LogP contribution in [0.1, 0.15) is 11.4 Å². The zero-order valence-corrected chi connectivity index (χ0v) is 6.96. The van der Waals surface area contributed by atoms with Gasteiger partial charge in [-0.05, 0) is 13.8 Å². The van der Waals surface area contributed by atoms with E-state index in [1.807, 2.05) is 19.9 Å². The summed E-state index contributed by atoms with van der Waals surface area (Å²) in [7, 11) is 0. The third-order valence-electron chi connectivity index (χ3n) is 1.71. The van der Waals surface area contributed by atoms with Gasteiger partial charge in [-0.1, -0.05) is 0 Å². The van der Waals surface area contributed by atoms with Crippen LogP contribution < -0.4 is 5.56 Å². The highest BCUT2D eigenvalue weighted by Crippen LogP contribution is 1.99. The van der Waals surface area contributed by atoms with E-state index in [2.05, 4.69) is 10.1 Å². The second-order valence-corrected chi connectivity index (χ2v) is 2.87. The molecule has 2 rings (SSSR count). The van der Waals surface area contributed by atoms with Gasteiger partial charge in [0, 0.05) is 23.5 Å². The van der Waals surface area contributed by atoms with Gasteiger partial charge in [-0.25, -0.2) is 9.50 Å². The van der Waals surface area contributed by atoms with Crippen LogP contribution in [0.4, 0.5) is 0 Å². The quantitative estimate of drug-likeness (QED) is 0.619. The molecule has 0 radical (unpaired) electrons. The lowest BCUT2D eigenvalue weighted by Crippen LogP contribution is -2.14. The summed E-state index contributed by atoms with van der Waals surface area (Å²) in [5, 5.41) is 2.90. The van der Waals surface area contributed by atoms with Crippen LogP contribution in [0.3, 0.4) is 0 Å². The molecule has 0 bridgehead atoms. The molecule has 62 valence electrons. The van der Waals surface area contributed by atoms with E-state index in [-0.39, 0.29) is 5.56 Å². The maximum atomic E-state index is 11.3. The molecule has 4 nitrogen and oxygen atoms in total. The molecule has 4 heteroatoms. The van der Waals surface area contributed by atoms with Crippen molar-refractivity contribution in [3.8, 4) is 0 Å². The Bertz CT molecular complexity index is 480. The van der Waals surface area contributed by atoms with E-state index in [1.165, 1.54) is 10.6 Å². The standard InChI is InChI=1S/C8H9N3O/c1-5-4-8(12)11-7(9-5)3-6(2)10-11/h3-4,10H,1-2H3. The minimum atomic E-state index is -0.0643. The number of nitrogens with zero attached hydrogens (tertiary/aromatic N) is 2. The second-order valence-electron chi connectivity index (χ2n) is 2.87. The minimum Gasteiger partial charge on any atom is -0.294 e. The molecule has 2 aromatic heterocycles. The van der Waals surface area contributed by atoms with Crippen LogP contribution in [-0.4, -0.2) is 14.6 Å². The number of H-pyrrole nitrogens is 1. The normalized spacial score (nSPS) is 10.8. The van der Waals surface area contributed by atoms with E-state index < -0.39 is 0 Å². The summed E-state index contributed by atoms with van der Waals surface area (Å²) in [6.07, 6.45) is 0. The first-order valence-electron chi connectivity index (χ1n) is 3.73. The second kappa shape index (κ2) is 2.20. The Morgan fingerprint density at radius 3 is 2.92 bits per heavy atom. The highest BCUT2D eigenvalue weighted by molar-refractivity contribution is 5.38. The molecule has 0 spiro atoms. The van der Waals surface area contributed by atoms with Gasteiger partial charge in [0.15, 0.2) is 5.65 Å². The summed E-state index contributed by atoms with van der Waals surface area (Å²) >= 11 is 0. The van der Waals surface area contributed by atoms with Crippen LogP contribution in [0.2, 0.25) is 0 Å². The van der Waals surface area contributed by atoms with Crippen molar-refractivity contribution in [3.63, 3.8) is 0 Å². The molecule has 0 aromatic carbocycles. The number of hydrogen-bond acceptors (Lipinski definition) is 2. The van der Waals surface area contributed by atoms with Crippen LogP contribution in [0.5, 0.6) is 0 Å². The van der Waals surface area contributed by atoms with Crippen molar-refractivity contribution < 1.29 is 0 Å². The van der Waals surface area contributed by atoms with Crippen LogP contribution in [0, 0.1) is 13.8 Å². The molecule has 0 unspecified atom stereocenters. The molecule has 0 aliphatic rings. The Kier molecular flexibility index (Phi) is 1.30. The lowest BCUT2D eigenvalue weighted by atomic mass is 10.4. The minimum absolute atomic E-state index is 0.0643. The zero-order valence-electron chi connectivity index (χ0n) is 6.96. The first kappa shape index (κ1) is 7.09. The first-order chi connectivity index (χ1) is 5.66. The molecule has 2 heterocycles. The average molecular weight is 163 g/mol. The maximum absolute atomic E-state index is 11.3. The average Bonchev–Trinajstić information content (AvgIpc) is 2.29. The molecule has 2 aromatic rings. The van der Waals surface area contributed by atoms with Crippen molar-refractivity contribution in [2.75, 3.05) is 0 Å². The van der Waals surface area contributed by atoms with Crippen molar-refractivity contribution >= 4 is 5.65 Å². The Balaban J connectivity index is 2.98. The van der Waals surface area contributed by atoms with E-state index >= 15 is 0 Å². The molecule has 0 atom stereocenters. The first-order valence-corrected chi connectivity index (χ1v) is 3.73. The van der Waals surface area contributed by atoms with E-state index in [0.29, 0.717) is 5.65 Å². The fraction of sp³-hybridized carbons (Fsp3) is 0.250. The Hall–Kier alpha value is -1.58. The van der Waals surface area contributed by atoms with Crippen molar-refractivity contribution in [2.45, 2.75) is 13.8 Å². The molecule has 12 heavy (non-hydrogen) atoms. The van der Waals surface area contributed by atoms with Gasteiger partial charge in [-0.15, -0.1) is 0 Å². The highest BCUT2D eigenvalue weighted by atomic mass is 16.1. The number of aromatic nitrogens is 3. The van der Waals surface area contributed by atoms with Gasteiger partial charge in [0.1, 0.15) is 0 Å².